The number of hydrogen-bond donors (Lipinski definition) is 2. The average Bonchev–Trinajstić information content (AvgIpc) is 3.23. The number of unbranched alkanes of at least 4 members (excludes halogenated alkanes) is 2. The van der Waals surface area contributed by atoms with Crippen LogP contribution in [0.15, 0.2) is 42.5 Å². The lowest BCUT2D eigenvalue weighted by atomic mass is 9.51. The van der Waals surface area contributed by atoms with Gasteiger partial charge in [-0.1, -0.05) is 25.1 Å². The zero-order valence-corrected chi connectivity index (χ0v) is 24.7. The maximum absolute atomic E-state index is 12.2. The summed E-state index contributed by atoms with van der Waals surface area (Å²) in [6, 6.07) is 14.3. The minimum atomic E-state index is -4.18. The number of hydrogen-bond acceptors (Lipinski definition) is 4. The lowest BCUT2D eigenvalue weighted by molar-refractivity contribution is -0.134. The summed E-state index contributed by atoms with van der Waals surface area (Å²) in [5.74, 6) is 3.35. The molecule has 4 nitrogen and oxygen atoms in total. The minimum absolute atomic E-state index is 0.0754. The number of fused-ring (bicyclic) bond motifs is 5. The molecule has 0 amide bonds. The molecule has 2 fully saturated rings. The molecule has 0 bridgehead atoms. The molecule has 0 spiro atoms. The van der Waals surface area contributed by atoms with Gasteiger partial charge in [-0.05, 0) is 128 Å². The van der Waals surface area contributed by atoms with Crippen LogP contribution in [0.25, 0.3) is 0 Å². The summed E-state index contributed by atoms with van der Waals surface area (Å²) >= 11 is 0. The number of aryl methyl sites for hydroxylation is 1. The quantitative estimate of drug-likeness (QED) is 0.263. The lowest BCUT2D eigenvalue weighted by Crippen LogP contribution is -2.47. The standard InChI is InChI=1S/C33H43F3O4S/c1-32-21-28(31-26-13-9-24(37)20-23(26)8-12-27(31)29(32)14-15-30(32)38)22-6-10-25(11-7-22)40-17-3-2-4-18-41(39)19-5-16-33(34,35)36/h6-7,9-11,13,20,27-31,37-38H,2-5,8,12,14-19,21H2,1H3/t27-,28+,29-,30-,31+,32-,41?/m0/s1. The van der Waals surface area contributed by atoms with Crippen molar-refractivity contribution in [3.05, 3.63) is 59.2 Å². The fourth-order valence-electron chi connectivity index (χ4n) is 8.07. The van der Waals surface area contributed by atoms with E-state index in [1.165, 1.54) is 16.7 Å². The smallest absolute Gasteiger partial charge is 0.389 e. The van der Waals surface area contributed by atoms with E-state index in [9.17, 15) is 27.6 Å². The van der Waals surface area contributed by atoms with Gasteiger partial charge in [0, 0.05) is 28.7 Å². The summed E-state index contributed by atoms with van der Waals surface area (Å²) in [6.45, 7) is 2.83. The molecule has 0 aliphatic heterocycles. The van der Waals surface area contributed by atoms with Crippen LogP contribution in [0, 0.1) is 17.3 Å². The molecule has 1 unspecified atom stereocenters. The van der Waals surface area contributed by atoms with E-state index in [1.54, 1.807) is 0 Å². The molecule has 226 valence electrons. The van der Waals surface area contributed by atoms with Gasteiger partial charge in [0.25, 0.3) is 0 Å². The van der Waals surface area contributed by atoms with Gasteiger partial charge in [0.2, 0.25) is 0 Å². The largest absolute Gasteiger partial charge is 0.508 e. The number of aliphatic hydroxyl groups is 1. The molecule has 8 heteroatoms. The topological polar surface area (TPSA) is 66.8 Å². The van der Waals surface area contributed by atoms with Crippen molar-refractivity contribution in [1.29, 1.82) is 0 Å². The SMILES string of the molecule is C[C@]12C[C@H](c3ccc(OCCCCCS(=O)CCCC(F)(F)F)cc3)[C@@H]3c4ccc(O)cc4CC[C@H]3[C@@H]1CC[C@@H]2O. The van der Waals surface area contributed by atoms with E-state index in [0.29, 0.717) is 35.9 Å². The van der Waals surface area contributed by atoms with Gasteiger partial charge in [-0.2, -0.15) is 13.2 Å². The Morgan fingerprint density at radius 2 is 1.76 bits per heavy atom. The molecule has 0 saturated heterocycles. The van der Waals surface area contributed by atoms with Crippen LogP contribution in [-0.4, -0.2) is 44.8 Å². The first-order chi connectivity index (χ1) is 19.5. The van der Waals surface area contributed by atoms with Crippen molar-refractivity contribution in [2.24, 2.45) is 17.3 Å². The lowest BCUT2D eigenvalue weighted by Gasteiger charge is -2.54. The highest BCUT2D eigenvalue weighted by molar-refractivity contribution is 7.84. The number of rotatable bonds is 11. The van der Waals surface area contributed by atoms with Crippen molar-refractivity contribution in [3.8, 4) is 11.5 Å². The number of phenolic OH excluding ortho intramolecular Hbond substituents is 1. The van der Waals surface area contributed by atoms with E-state index in [-0.39, 0.29) is 29.6 Å². The molecule has 41 heavy (non-hydrogen) atoms. The van der Waals surface area contributed by atoms with Crippen molar-refractivity contribution in [3.63, 3.8) is 0 Å². The van der Waals surface area contributed by atoms with Crippen LogP contribution in [0.4, 0.5) is 13.2 Å². The fourth-order valence-corrected chi connectivity index (χ4v) is 9.27. The van der Waals surface area contributed by atoms with E-state index >= 15 is 0 Å². The highest BCUT2D eigenvalue weighted by Gasteiger charge is 2.57. The Hall–Kier alpha value is -2.06. The van der Waals surface area contributed by atoms with E-state index in [4.69, 9.17) is 4.74 Å². The normalized spacial score (nSPS) is 29.8. The van der Waals surface area contributed by atoms with Crippen LogP contribution in [0.2, 0.25) is 0 Å². The van der Waals surface area contributed by atoms with Crippen molar-refractivity contribution >= 4 is 10.8 Å². The van der Waals surface area contributed by atoms with Gasteiger partial charge in [0.15, 0.2) is 0 Å². The third-order valence-electron chi connectivity index (χ3n) is 10.1. The first-order valence-corrected chi connectivity index (χ1v) is 16.7. The van der Waals surface area contributed by atoms with Gasteiger partial charge >= 0.3 is 6.18 Å². The van der Waals surface area contributed by atoms with Crippen LogP contribution in [0.5, 0.6) is 11.5 Å². The van der Waals surface area contributed by atoms with E-state index in [2.05, 4.69) is 25.1 Å². The molecule has 2 saturated carbocycles. The van der Waals surface area contributed by atoms with Crippen molar-refractivity contribution in [1.82, 2.24) is 0 Å². The monoisotopic (exact) mass is 592 g/mol. The molecule has 2 aromatic carbocycles. The number of aromatic hydroxyl groups is 1. The average molecular weight is 593 g/mol. The molecule has 7 atom stereocenters. The Morgan fingerprint density at radius 3 is 2.51 bits per heavy atom. The third-order valence-corrected chi connectivity index (χ3v) is 11.6. The van der Waals surface area contributed by atoms with E-state index in [0.717, 1.165) is 57.1 Å². The summed E-state index contributed by atoms with van der Waals surface area (Å²) in [7, 11) is -1.20. The highest BCUT2D eigenvalue weighted by Crippen LogP contribution is 2.65. The van der Waals surface area contributed by atoms with E-state index < -0.39 is 23.4 Å². The molecule has 2 aromatic rings. The summed E-state index contributed by atoms with van der Waals surface area (Å²) in [4.78, 5) is 0. The predicted molar refractivity (Wildman–Crippen MR) is 156 cm³/mol. The fraction of sp³-hybridized carbons (Fsp3) is 0.636. The minimum Gasteiger partial charge on any atom is -0.508 e. The number of aliphatic hydroxyl groups excluding tert-OH is 1. The Labute approximate surface area is 244 Å². The Morgan fingerprint density at radius 1 is 1.00 bits per heavy atom. The van der Waals surface area contributed by atoms with Crippen molar-refractivity contribution < 1.29 is 32.3 Å². The van der Waals surface area contributed by atoms with Gasteiger partial charge in [-0.15, -0.1) is 0 Å². The predicted octanol–water partition coefficient (Wildman–Crippen LogP) is 7.64. The highest BCUT2D eigenvalue weighted by atomic mass is 32.2. The summed E-state index contributed by atoms with van der Waals surface area (Å²) in [6.07, 6.45) is 1.92. The van der Waals surface area contributed by atoms with Crippen molar-refractivity contribution in [2.75, 3.05) is 18.1 Å². The Balaban J connectivity index is 1.17. The second-order valence-electron chi connectivity index (χ2n) is 12.7. The number of alkyl halides is 3. The number of benzene rings is 2. The van der Waals surface area contributed by atoms with Crippen LogP contribution in [-0.2, 0) is 17.2 Å². The maximum Gasteiger partial charge on any atom is 0.389 e. The summed E-state index contributed by atoms with van der Waals surface area (Å²) in [5.41, 5.74) is 3.79. The van der Waals surface area contributed by atoms with Crippen LogP contribution in [0.1, 0.15) is 93.2 Å². The molecule has 0 radical (unpaired) electrons. The maximum atomic E-state index is 12.2. The summed E-state index contributed by atoms with van der Waals surface area (Å²) < 4.78 is 54.6. The van der Waals surface area contributed by atoms with Gasteiger partial charge in [-0.3, -0.25) is 4.21 Å². The Kier molecular flexibility index (Phi) is 9.39. The molecule has 0 heterocycles. The molecule has 3 aliphatic carbocycles. The molecule has 5 rings (SSSR count). The first kappa shape index (κ1) is 30.4. The molecular weight excluding hydrogens is 549 g/mol. The van der Waals surface area contributed by atoms with Gasteiger partial charge in [0.1, 0.15) is 11.5 Å². The molecular formula is C33H43F3O4S. The van der Waals surface area contributed by atoms with Gasteiger partial charge in [0.05, 0.1) is 12.7 Å². The first-order valence-electron chi connectivity index (χ1n) is 15.2. The molecule has 0 aromatic heterocycles. The second kappa shape index (κ2) is 12.7. The summed E-state index contributed by atoms with van der Waals surface area (Å²) in [5, 5.41) is 21.2. The zero-order valence-electron chi connectivity index (χ0n) is 23.9. The second-order valence-corrected chi connectivity index (χ2v) is 14.4. The van der Waals surface area contributed by atoms with Gasteiger partial charge < -0.3 is 14.9 Å². The molecule has 3 aliphatic rings. The van der Waals surface area contributed by atoms with Crippen molar-refractivity contribution in [2.45, 2.75) is 95.2 Å². The van der Waals surface area contributed by atoms with Crippen LogP contribution >= 0.6 is 0 Å². The zero-order chi connectivity index (χ0) is 29.2. The van der Waals surface area contributed by atoms with Crippen LogP contribution < -0.4 is 4.74 Å². The van der Waals surface area contributed by atoms with E-state index in [1.807, 2.05) is 24.3 Å². The Bertz CT molecular complexity index is 1200. The number of phenols is 1. The number of ether oxygens (including phenoxy) is 1. The molecule has 2 N–H and O–H groups in total. The van der Waals surface area contributed by atoms with Gasteiger partial charge in [-0.25, -0.2) is 0 Å². The third kappa shape index (κ3) is 6.96. The number of halogens is 3. The van der Waals surface area contributed by atoms with Crippen LogP contribution in [0.3, 0.4) is 0 Å².